The van der Waals surface area contributed by atoms with E-state index >= 15 is 0 Å². The minimum Gasteiger partial charge on any atom is -0.378 e. The maximum atomic E-state index is 6.01. The molecule has 2 fully saturated rings. The summed E-state index contributed by atoms with van der Waals surface area (Å²) in [6.07, 6.45) is 3.32. The second-order valence-corrected chi connectivity index (χ2v) is 7.52. The van der Waals surface area contributed by atoms with Crippen LogP contribution in [0.3, 0.4) is 0 Å². The summed E-state index contributed by atoms with van der Waals surface area (Å²) in [7, 11) is 2.00. The van der Waals surface area contributed by atoms with Crippen LogP contribution >= 0.6 is 11.8 Å². The van der Waals surface area contributed by atoms with Gasteiger partial charge in [0, 0.05) is 35.8 Å². The van der Waals surface area contributed by atoms with Crippen molar-refractivity contribution in [3.63, 3.8) is 0 Å². The Hall–Kier alpha value is -0.550. The van der Waals surface area contributed by atoms with Crippen LogP contribution in [0.5, 0.6) is 0 Å². The van der Waals surface area contributed by atoms with Gasteiger partial charge in [-0.3, -0.25) is 0 Å². The first kappa shape index (κ1) is 15.3. The molecule has 2 aliphatic heterocycles. The van der Waals surface area contributed by atoms with Crippen molar-refractivity contribution < 1.29 is 9.47 Å². The summed E-state index contributed by atoms with van der Waals surface area (Å²) in [5.74, 6) is 0. The van der Waals surface area contributed by atoms with Gasteiger partial charge in [-0.2, -0.15) is 0 Å². The molecule has 21 heavy (non-hydrogen) atoms. The number of benzene rings is 1. The molecule has 0 aliphatic carbocycles. The highest BCUT2D eigenvalue weighted by atomic mass is 32.2. The lowest BCUT2D eigenvalue weighted by atomic mass is 9.93. The predicted octanol–water partition coefficient (Wildman–Crippen LogP) is 3.40. The van der Waals surface area contributed by atoms with E-state index in [-0.39, 0.29) is 5.60 Å². The van der Waals surface area contributed by atoms with Crippen LogP contribution in [0.1, 0.15) is 37.8 Å². The van der Waals surface area contributed by atoms with Gasteiger partial charge >= 0.3 is 0 Å². The highest BCUT2D eigenvalue weighted by Gasteiger charge is 2.41. The molecule has 2 saturated heterocycles. The third-order valence-electron chi connectivity index (χ3n) is 4.63. The number of hydrogen-bond donors (Lipinski definition) is 1. The van der Waals surface area contributed by atoms with Crippen molar-refractivity contribution in [3.8, 4) is 0 Å². The van der Waals surface area contributed by atoms with Gasteiger partial charge in [0.25, 0.3) is 0 Å². The molecule has 1 aromatic rings. The minimum absolute atomic E-state index is 0.0104. The highest BCUT2D eigenvalue weighted by molar-refractivity contribution is 8.00. The first-order chi connectivity index (χ1) is 10.2. The molecule has 3 nitrogen and oxygen atoms in total. The summed E-state index contributed by atoms with van der Waals surface area (Å²) in [5.41, 5.74) is 1.35. The Morgan fingerprint density at radius 3 is 2.76 bits per heavy atom. The van der Waals surface area contributed by atoms with Gasteiger partial charge in [-0.1, -0.05) is 12.1 Å². The lowest BCUT2D eigenvalue weighted by Crippen LogP contribution is -2.41. The topological polar surface area (TPSA) is 30.5 Å². The molecule has 3 rings (SSSR count). The first-order valence-corrected chi connectivity index (χ1v) is 8.74. The largest absolute Gasteiger partial charge is 0.378 e. The Kier molecular flexibility index (Phi) is 4.89. The van der Waals surface area contributed by atoms with Crippen LogP contribution in [-0.2, 0) is 9.47 Å². The van der Waals surface area contributed by atoms with Crippen molar-refractivity contribution in [1.29, 1.82) is 0 Å². The Balaban J connectivity index is 1.60. The van der Waals surface area contributed by atoms with Gasteiger partial charge in [0.1, 0.15) is 0 Å². The molecule has 2 heterocycles. The van der Waals surface area contributed by atoms with E-state index in [0.717, 1.165) is 39.1 Å². The van der Waals surface area contributed by atoms with Crippen LogP contribution in [-0.4, -0.2) is 37.7 Å². The lowest BCUT2D eigenvalue weighted by molar-refractivity contribution is -0.0769. The molecule has 4 heteroatoms. The number of nitrogens with one attached hydrogen (secondary N) is 1. The quantitative estimate of drug-likeness (QED) is 0.923. The van der Waals surface area contributed by atoms with Crippen LogP contribution in [0, 0.1) is 0 Å². The molecule has 0 aromatic heterocycles. The van der Waals surface area contributed by atoms with Gasteiger partial charge in [-0.15, -0.1) is 11.8 Å². The summed E-state index contributed by atoms with van der Waals surface area (Å²) in [6.45, 7) is 4.69. The third kappa shape index (κ3) is 3.62. The lowest BCUT2D eigenvalue weighted by Gasteiger charge is -2.36. The van der Waals surface area contributed by atoms with Gasteiger partial charge in [0.05, 0.1) is 12.2 Å². The maximum absolute atomic E-state index is 6.01. The van der Waals surface area contributed by atoms with Crippen LogP contribution in [0.25, 0.3) is 0 Å². The summed E-state index contributed by atoms with van der Waals surface area (Å²) >= 11 is 2.00. The van der Waals surface area contributed by atoms with Crippen molar-refractivity contribution in [3.05, 3.63) is 29.8 Å². The molecule has 1 spiro atoms. The van der Waals surface area contributed by atoms with Gasteiger partial charge in [-0.25, -0.2) is 0 Å². The Bertz CT molecular complexity index is 456. The molecule has 1 N–H and O–H groups in total. The Morgan fingerprint density at radius 1 is 1.29 bits per heavy atom. The predicted molar refractivity (Wildman–Crippen MR) is 86.9 cm³/mol. The van der Waals surface area contributed by atoms with Crippen molar-refractivity contribution in [1.82, 2.24) is 5.32 Å². The van der Waals surface area contributed by atoms with Gasteiger partial charge in [-0.05, 0) is 44.5 Å². The first-order valence-electron chi connectivity index (χ1n) is 7.86. The zero-order valence-electron chi connectivity index (χ0n) is 12.9. The second kappa shape index (κ2) is 6.69. The Labute approximate surface area is 131 Å². The molecule has 0 amide bonds. The van der Waals surface area contributed by atoms with Crippen molar-refractivity contribution >= 4 is 11.8 Å². The molecule has 3 unspecified atom stereocenters. The third-order valence-corrected chi connectivity index (χ3v) is 5.91. The molecule has 2 aliphatic rings. The normalized spacial score (nSPS) is 30.7. The zero-order chi connectivity index (χ0) is 14.7. The van der Waals surface area contributed by atoms with E-state index in [1.165, 1.54) is 10.5 Å². The zero-order valence-corrected chi connectivity index (χ0v) is 13.7. The average Bonchev–Trinajstić information content (AvgIpc) is 2.95. The maximum Gasteiger partial charge on any atom is 0.0947 e. The van der Waals surface area contributed by atoms with Gasteiger partial charge in [0.15, 0.2) is 0 Å². The molecule has 0 bridgehead atoms. The molecule has 3 atom stereocenters. The van der Waals surface area contributed by atoms with Crippen molar-refractivity contribution in [2.24, 2.45) is 0 Å². The Morgan fingerprint density at radius 2 is 2.10 bits per heavy atom. The summed E-state index contributed by atoms with van der Waals surface area (Å²) < 4.78 is 11.6. The number of hydrogen-bond acceptors (Lipinski definition) is 4. The van der Waals surface area contributed by atoms with Gasteiger partial charge in [0.2, 0.25) is 0 Å². The average molecular weight is 307 g/mol. The van der Waals surface area contributed by atoms with E-state index in [1.807, 2.05) is 18.8 Å². The van der Waals surface area contributed by atoms with E-state index in [9.17, 15) is 0 Å². The molecule has 0 saturated carbocycles. The standard InChI is InChI=1S/C17H25NO2S/c1-13(18-2)14-3-5-15(6-4-14)21-16-7-9-20-17(11-16)8-10-19-12-17/h3-6,13,16,18H,7-12H2,1-2H3. The van der Waals surface area contributed by atoms with Gasteiger partial charge < -0.3 is 14.8 Å². The summed E-state index contributed by atoms with van der Waals surface area (Å²) in [5, 5.41) is 3.92. The number of rotatable bonds is 4. The van der Waals surface area contributed by atoms with Crippen LogP contribution in [0.2, 0.25) is 0 Å². The van der Waals surface area contributed by atoms with Crippen LogP contribution in [0.4, 0.5) is 0 Å². The van der Waals surface area contributed by atoms with E-state index in [4.69, 9.17) is 9.47 Å². The van der Waals surface area contributed by atoms with Crippen LogP contribution in [0.15, 0.2) is 29.2 Å². The fraction of sp³-hybridized carbons (Fsp3) is 0.647. The second-order valence-electron chi connectivity index (χ2n) is 6.15. The molecular formula is C17H25NO2S. The smallest absolute Gasteiger partial charge is 0.0947 e. The monoisotopic (exact) mass is 307 g/mol. The molecule has 116 valence electrons. The minimum atomic E-state index is 0.0104. The van der Waals surface area contributed by atoms with E-state index < -0.39 is 0 Å². The summed E-state index contributed by atoms with van der Waals surface area (Å²) in [6, 6.07) is 9.38. The van der Waals surface area contributed by atoms with E-state index in [0.29, 0.717) is 11.3 Å². The SMILES string of the molecule is CNC(C)c1ccc(SC2CCOC3(CCOC3)C2)cc1. The molecule has 1 aromatic carbocycles. The van der Waals surface area contributed by atoms with Crippen molar-refractivity contribution in [2.45, 2.75) is 48.0 Å². The fourth-order valence-corrected chi connectivity index (χ4v) is 4.42. The fourth-order valence-electron chi connectivity index (χ4n) is 3.14. The van der Waals surface area contributed by atoms with Crippen molar-refractivity contribution in [2.75, 3.05) is 26.9 Å². The summed E-state index contributed by atoms with van der Waals surface area (Å²) in [4.78, 5) is 1.36. The van der Waals surface area contributed by atoms with Crippen LogP contribution < -0.4 is 5.32 Å². The number of ether oxygens (including phenoxy) is 2. The molecular weight excluding hydrogens is 282 g/mol. The molecule has 0 radical (unpaired) electrons. The highest BCUT2D eigenvalue weighted by Crippen LogP contribution is 2.40. The van der Waals surface area contributed by atoms with E-state index in [1.54, 1.807) is 0 Å². The van der Waals surface area contributed by atoms with E-state index in [2.05, 4.69) is 36.5 Å². The number of thioether (sulfide) groups is 1.